The highest BCUT2D eigenvalue weighted by atomic mass is 35.5. The second-order valence-corrected chi connectivity index (χ2v) is 8.02. The number of halogens is 1. The molecular formula is C17H17ClN2O2S. The number of rotatable bonds is 3. The number of amides is 1. The predicted molar refractivity (Wildman–Crippen MR) is 92.3 cm³/mol. The minimum absolute atomic E-state index is 0.0667. The van der Waals surface area contributed by atoms with Gasteiger partial charge in [0.15, 0.2) is 10.9 Å². The Bertz CT molecular complexity index is 765. The van der Waals surface area contributed by atoms with Crippen molar-refractivity contribution in [1.82, 2.24) is 4.98 Å². The molecule has 23 heavy (non-hydrogen) atoms. The second kappa shape index (κ2) is 6.06. The maximum atomic E-state index is 12.2. The molecule has 0 saturated carbocycles. The third-order valence-corrected chi connectivity index (χ3v) is 5.07. The maximum absolute atomic E-state index is 12.2. The fourth-order valence-electron chi connectivity index (χ4n) is 2.72. The molecule has 1 N–H and O–H groups in total. The molecule has 0 spiro atoms. The molecule has 0 radical (unpaired) electrons. The fourth-order valence-corrected chi connectivity index (χ4v) is 3.79. The zero-order valence-corrected chi connectivity index (χ0v) is 14.6. The number of nitrogens with one attached hydrogen (secondary N) is 1. The number of Topliss-reactive ketones (excluding diaryl/α,β-unsaturated/α-hetero) is 1. The van der Waals surface area contributed by atoms with Crippen LogP contribution in [0, 0.1) is 5.41 Å². The Balaban J connectivity index is 1.70. The molecule has 0 saturated heterocycles. The molecule has 0 aliphatic heterocycles. The summed E-state index contributed by atoms with van der Waals surface area (Å²) >= 11 is 7.10. The monoisotopic (exact) mass is 348 g/mol. The molecule has 0 bridgehead atoms. The average Bonchev–Trinajstić information content (AvgIpc) is 2.82. The van der Waals surface area contributed by atoms with Gasteiger partial charge in [-0.25, -0.2) is 4.98 Å². The number of anilines is 1. The van der Waals surface area contributed by atoms with E-state index in [4.69, 9.17) is 11.6 Å². The van der Waals surface area contributed by atoms with Gasteiger partial charge in [0.25, 0.3) is 0 Å². The van der Waals surface area contributed by atoms with Gasteiger partial charge in [0.1, 0.15) is 0 Å². The van der Waals surface area contributed by atoms with Gasteiger partial charge >= 0.3 is 0 Å². The zero-order chi connectivity index (χ0) is 16.6. The quantitative estimate of drug-likeness (QED) is 0.907. The molecule has 3 rings (SSSR count). The van der Waals surface area contributed by atoms with Crippen molar-refractivity contribution in [2.75, 3.05) is 5.32 Å². The van der Waals surface area contributed by atoms with Crippen molar-refractivity contribution in [2.45, 2.75) is 33.1 Å². The Morgan fingerprint density at radius 2 is 2.00 bits per heavy atom. The fraction of sp³-hybridized carbons (Fsp3) is 0.353. The first kappa shape index (κ1) is 16.1. The lowest BCUT2D eigenvalue weighted by Gasteiger charge is -2.26. The molecule has 1 aromatic carbocycles. The summed E-state index contributed by atoms with van der Waals surface area (Å²) in [7, 11) is 0. The number of hydrogen-bond acceptors (Lipinski definition) is 4. The number of carbonyl (C=O) groups excluding carboxylic acids is 2. The highest BCUT2D eigenvalue weighted by Crippen LogP contribution is 2.38. The standard InChI is InChI=1S/C17H17ClN2O2S/c1-17(2)8-12-15(13(21)9-17)23-16(19-12)20-14(22)7-10-3-5-11(18)6-4-10/h3-6H,7-9H2,1-2H3,(H,19,20,22). The van der Waals surface area contributed by atoms with E-state index in [1.54, 1.807) is 12.1 Å². The lowest BCUT2D eigenvalue weighted by molar-refractivity contribution is -0.115. The van der Waals surface area contributed by atoms with Crippen molar-refractivity contribution in [3.8, 4) is 0 Å². The number of carbonyl (C=O) groups is 2. The van der Waals surface area contributed by atoms with Gasteiger partial charge in [-0.1, -0.05) is 48.9 Å². The minimum Gasteiger partial charge on any atom is -0.302 e. The Labute approximate surface area is 143 Å². The van der Waals surface area contributed by atoms with Gasteiger partial charge in [0.2, 0.25) is 5.91 Å². The molecule has 1 aliphatic rings. The van der Waals surface area contributed by atoms with E-state index >= 15 is 0 Å². The topological polar surface area (TPSA) is 59.1 Å². The summed E-state index contributed by atoms with van der Waals surface area (Å²) in [6.07, 6.45) is 1.54. The lowest BCUT2D eigenvalue weighted by atomic mass is 9.78. The van der Waals surface area contributed by atoms with E-state index in [1.165, 1.54) is 11.3 Å². The van der Waals surface area contributed by atoms with Crippen molar-refractivity contribution in [1.29, 1.82) is 0 Å². The molecule has 0 unspecified atom stereocenters. The SMILES string of the molecule is CC1(C)CC(=O)c2sc(NC(=O)Cc3ccc(Cl)cc3)nc2C1. The first-order valence-electron chi connectivity index (χ1n) is 7.40. The van der Waals surface area contributed by atoms with Crippen molar-refractivity contribution < 1.29 is 9.59 Å². The number of benzene rings is 1. The Kier molecular flexibility index (Phi) is 4.25. The van der Waals surface area contributed by atoms with E-state index in [9.17, 15) is 9.59 Å². The number of nitrogens with zero attached hydrogens (tertiary/aromatic N) is 1. The van der Waals surface area contributed by atoms with E-state index in [0.717, 1.165) is 17.7 Å². The largest absolute Gasteiger partial charge is 0.302 e. The second-order valence-electron chi connectivity index (χ2n) is 6.59. The van der Waals surface area contributed by atoms with E-state index in [1.807, 2.05) is 12.1 Å². The van der Waals surface area contributed by atoms with Gasteiger partial charge in [0, 0.05) is 11.4 Å². The van der Waals surface area contributed by atoms with Gasteiger partial charge in [-0.3, -0.25) is 9.59 Å². The van der Waals surface area contributed by atoms with Crippen LogP contribution < -0.4 is 5.32 Å². The number of hydrogen-bond donors (Lipinski definition) is 1. The molecule has 120 valence electrons. The summed E-state index contributed by atoms with van der Waals surface area (Å²) in [5.74, 6) is -0.0305. The van der Waals surface area contributed by atoms with Crippen LogP contribution in [-0.2, 0) is 17.6 Å². The first-order valence-corrected chi connectivity index (χ1v) is 8.59. The Hall–Kier alpha value is -1.72. The van der Waals surface area contributed by atoms with Gasteiger partial charge in [-0.05, 0) is 29.5 Å². The summed E-state index contributed by atoms with van der Waals surface area (Å²) in [6.45, 7) is 4.12. The van der Waals surface area contributed by atoms with Crippen molar-refractivity contribution in [2.24, 2.45) is 5.41 Å². The number of aromatic nitrogens is 1. The van der Waals surface area contributed by atoms with Crippen LogP contribution in [-0.4, -0.2) is 16.7 Å². The van der Waals surface area contributed by atoms with Crippen molar-refractivity contribution in [3.63, 3.8) is 0 Å². The summed E-state index contributed by atoms with van der Waals surface area (Å²) in [5, 5.41) is 3.93. The van der Waals surface area contributed by atoms with Gasteiger partial charge in [-0.2, -0.15) is 0 Å². The molecule has 0 fully saturated rings. The van der Waals surface area contributed by atoms with E-state index in [0.29, 0.717) is 21.5 Å². The molecule has 2 aromatic rings. The van der Waals surface area contributed by atoms with E-state index < -0.39 is 0 Å². The molecular weight excluding hydrogens is 332 g/mol. The van der Waals surface area contributed by atoms with Crippen LogP contribution in [0.25, 0.3) is 0 Å². The van der Waals surface area contributed by atoms with Crippen LogP contribution in [0.4, 0.5) is 5.13 Å². The van der Waals surface area contributed by atoms with Crippen LogP contribution in [0.5, 0.6) is 0 Å². The maximum Gasteiger partial charge on any atom is 0.230 e. The van der Waals surface area contributed by atoms with Crippen LogP contribution >= 0.6 is 22.9 Å². The summed E-state index contributed by atoms with van der Waals surface area (Å²) in [5.41, 5.74) is 1.62. The third kappa shape index (κ3) is 3.79. The zero-order valence-electron chi connectivity index (χ0n) is 13.0. The number of thiazole rings is 1. The third-order valence-electron chi connectivity index (χ3n) is 3.76. The van der Waals surface area contributed by atoms with Crippen LogP contribution in [0.1, 0.15) is 41.2 Å². The highest BCUT2D eigenvalue weighted by Gasteiger charge is 2.34. The highest BCUT2D eigenvalue weighted by molar-refractivity contribution is 7.17. The summed E-state index contributed by atoms with van der Waals surface area (Å²) in [6, 6.07) is 7.15. The molecule has 1 aromatic heterocycles. The minimum atomic E-state index is -0.148. The molecule has 0 atom stereocenters. The van der Waals surface area contributed by atoms with E-state index in [2.05, 4.69) is 24.1 Å². The van der Waals surface area contributed by atoms with E-state index in [-0.39, 0.29) is 23.5 Å². The Morgan fingerprint density at radius 3 is 2.70 bits per heavy atom. The molecule has 4 nitrogen and oxygen atoms in total. The Morgan fingerprint density at radius 1 is 1.30 bits per heavy atom. The van der Waals surface area contributed by atoms with Crippen LogP contribution in [0.2, 0.25) is 5.02 Å². The van der Waals surface area contributed by atoms with Gasteiger partial charge < -0.3 is 5.32 Å². The normalized spacial score (nSPS) is 16.0. The average molecular weight is 349 g/mol. The predicted octanol–water partition coefficient (Wildman–Crippen LogP) is 4.13. The molecule has 1 amide bonds. The molecule has 1 aliphatic carbocycles. The van der Waals surface area contributed by atoms with Gasteiger partial charge in [0.05, 0.1) is 17.0 Å². The smallest absolute Gasteiger partial charge is 0.230 e. The summed E-state index contributed by atoms with van der Waals surface area (Å²) in [4.78, 5) is 29.4. The lowest BCUT2D eigenvalue weighted by Crippen LogP contribution is -2.26. The summed E-state index contributed by atoms with van der Waals surface area (Å²) < 4.78 is 0. The molecule has 1 heterocycles. The van der Waals surface area contributed by atoms with Crippen molar-refractivity contribution in [3.05, 3.63) is 45.4 Å². The van der Waals surface area contributed by atoms with Crippen LogP contribution in [0.15, 0.2) is 24.3 Å². The molecule has 6 heteroatoms. The first-order chi connectivity index (χ1) is 10.8. The number of ketones is 1. The van der Waals surface area contributed by atoms with Crippen molar-refractivity contribution >= 4 is 39.8 Å². The van der Waals surface area contributed by atoms with Crippen LogP contribution in [0.3, 0.4) is 0 Å². The number of fused-ring (bicyclic) bond motifs is 1. The van der Waals surface area contributed by atoms with Gasteiger partial charge in [-0.15, -0.1) is 0 Å².